The lowest BCUT2D eigenvalue weighted by Crippen LogP contribution is -1.98. The molecule has 8 aromatic carbocycles. The predicted molar refractivity (Wildman–Crippen MR) is 215 cm³/mol. The third-order valence-corrected chi connectivity index (χ3v) is 11.2. The highest BCUT2D eigenvalue weighted by molar-refractivity contribution is 7.25. The van der Waals surface area contributed by atoms with Crippen LogP contribution in [0, 0.1) is 0 Å². The predicted octanol–water partition coefficient (Wildman–Crippen LogP) is 13.8. The van der Waals surface area contributed by atoms with Gasteiger partial charge in [-0.05, 0) is 81.4 Å². The largest absolute Gasteiger partial charge is 0.309 e. The summed E-state index contributed by atoms with van der Waals surface area (Å²) in [4.78, 5) is 0. The zero-order valence-electron chi connectivity index (χ0n) is 27.3. The van der Waals surface area contributed by atoms with Crippen molar-refractivity contribution in [3.63, 3.8) is 0 Å². The topological polar surface area (TPSA) is 4.93 Å². The Kier molecular flexibility index (Phi) is 6.75. The van der Waals surface area contributed by atoms with Crippen molar-refractivity contribution in [1.29, 1.82) is 0 Å². The van der Waals surface area contributed by atoms with E-state index in [2.05, 4.69) is 193 Å². The van der Waals surface area contributed by atoms with Gasteiger partial charge < -0.3 is 4.57 Å². The van der Waals surface area contributed by atoms with E-state index in [0.29, 0.717) is 0 Å². The lowest BCUT2D eigenvalue weighted by Gasteiger charge is -2.17. The van der Waals surface area contributed by atoms with Crippen LogP contribution in [0.2, 0.25) is 0 Å². The molecule has 0 aliphatic rings. The van der Waals surface area contributed by atoms with Crippen molar-refractivity contribution in [3.05, 3.63) is 188 Å². The summed E-state index contributed by atoms with van der Waals surface area (Å²) in [6.07, 6.45) is 0. The molecule has 0 bridgehead atoms. The Hall–Kier alpha value is -6.22. The molecule has 1 nitrogen and oxygen atoms in total. The maximum Gasteiger partial charge on any atom is 0.0541 e. The van der Waals surface area contributed by atoms with E-state index in [1.54, 1.807) is 0 Å². The maximum atomic E-state index is 2.47. The van der Waals surface area contributed by atoms with Crippen LogP contribution >= 0.6 is 11.3 Å². The number of fused-ring (bicyclic) bond motifs is 6. The molecule has 0 N–H and O–H groups in total. The van der Waals surface area contributed by atoms with E-state index in [1.165, 1.54) is 92.2 Å². The van der Waals surface area contributed by atoms with E-state index >= 15 is 0 Å². The van der Waals surface area contributed by atoms with E-state index in [9.17, 15) is 0 Å². The molecule has 234 valence electrons. The molecule has 0 spiro atoms. The third kappa shape index (κ3) is 4.61. The van der Waals surface area contributed by atoms with Crippen molar-refractivity contribution in [3.8, 4) is 50.2 Å². The minimum Gasteiger partial charge on any atom is -0.309 e. The van der Waals surface area contributed by atoms with Gasteiger partial charge in [-0.15, -0.1) is 11.3 Å². The Bertz CT molecular complexity index is 2760. The number of hydrogen-bond donors (Lipinski definition) is 0. The Morgan fingerprint density at radius 2 is 0.820 bits per heavy atom. The Labute approximate surface area is 295 Å². The summed E-state index contributed by atoms with van der Waals surface area (Å²) in [7, 11) is 0. The normalized spacial score (nSPS) is 11.6. The third-order valence-electron chi connectivity index (χ3n) is 10.0. The molecule has 0 saturated heterocycles. The summed E-state index contributed by atoms with van der Waals surface area (Å²) in [6.45, 7) is 0. The van der Waals surface area contributed by atoms with E-state index < -0.39 is 0 Å². The van der Waals surface area contributed by atoms with Crippen molar-refractivity contribution in [1.82, 2.24) is 4.57 Å². The second-order valence-corrected chi connectivity index (χ2v) is 14.0. The first kappa shape index (κ1) is 28.8. The molecule has 10 aromatic rings. The minimum absolute atomic E-state index is 1.17. The molecule has 0 atom stereocenters. The SMILES string of the molecule is c1ccc(-c2ccc3c(c2)c2cc(-c4ccccc4)ccc2n3-c2ccccc2-c2ccccc2-c2cccc3sc4ccccc4c23)cc1. The van der Waals surface area contributed by atoms with Crippen LogP contribution in [0.15, 0.2) is 188 Å². The fourth-order valence-electron chi connectivity index (χ4n) is 7.75. The van der Waals surface area contributed by atoms with E-state index in [-0.39, 0.29) is 0 Å². The number of aromatic nitrogens is 1. The van der Waals surface area contributed by atoms with E-state index in [1.807, 2.05) is 11.3 Å². The molecular formula is C48H31NS. The van der Waals surface area contributed by atoms with Crippen LogP contribution in [0.1, 0.15) is 0 Å². The van der Waals surface area contributed by atoms with Gasteiger partial charge in [0.15, 0.2) is 0 Å². The molecular weight excluding hydrogens is 623 g/mol. The molecule has 0 amide bonds. The molecule has 0 radical (unpaired) electrons. The van der Waals surface area contributed by atoms with Crippen molar-refractivity contribution in [2.24, 2.45) is 0 Å². The number of para-hydroxylation sites is 1. The average Bonchev–Trinajstić information content (AvgIpc) is 3.74. The average molecular weight is 654 g/mol. The second-order valence-electron chi connectivity index (χ2n) is 12.9. The lowest BCUT2D eigenvalue weighted by molar-refractivity contribution is 1.18. The Morgan fingerprint density at radius 1 is 0.320 bits per heavy atom. The van der Waals surface area contributed by atoms with Gasteiger partial charge in [0, 0.05) is 36.5 Å². The van der Waals surface area contributed by atoms with Gasteiger partial charge in [-0.1, -0.05) is 146 Å². The highest BCUT2D eigenvalue weighted by atomic mass is 32.1. The van der Waals surface area contributed by atoms with Crippen LogP contribution in [0.25, 0.3) is 92.2 Å². The molecule has 2 heteroatoms. The fraction of sp³-hybridized carbons (Fsp3) is 0. The molecule has 0 saturated carbocycles. The molecule has 0 aliphatic heterocycles. The molecule has 0 aliphatic carbocycles. The maximum absolute atomic E-state index is 2.47. The number of hydrogen-bond acceptors (Lipinski definition) is 1. The van der Waals surface area contributed by atoms with Crippen LogP contribution in [-0.4, -0.2) is 4.57 Å². The summed E-state index contributed by atoms with van der Waals surface area (Å²) in [5.74, 6) is 0. The first-order valence-corrected chi connectivity index (χ1v) is 17.9. The standard InChI is InChI=1S/C48H31NS/c1-3-14-32(15-4-1)34-26-28-44-41(30-34)42-31-35(33-16-5-2-6-17-33)27-29-45(42)49(44)43-23-11-9-20-38(43)36-18-7-8-19-37(36)39-22-13-25-47-48(39)40-21-10-12-24-46(40)50-47/h1-31H. The first-order valence-electron chi connectivity index (χ1n) is 17.1. The molecule has 2 heterocycles. The first-order chi connectivity index (χ1) is 24.8. The van der Waals surface area contributed by atoms with Crippen molar-refractivity contribution >= 4 is 53.3 Å². The van der Waals surface area contributed by atoms with Crippen LogP contribution in [-0.2, 0) is 0 Å². The molecule has 2 aromatic heterocycles. The monoisotopic (exact) mass is 653 g/mol. The van der Waals surface area contributed by atoms with Gasteiger partial charge in [-0.2, -0.15) is 0 Å². The van der Waals surface area contributed by atoms with Gasteiger partial charge in [0.1, 0.15) is 0 Å². The fourth-order valence-corrected chi connectivity index (χ4v) is 8.88. The van der Waals surface area contributed by atoms with Crippen molar-refractivity contribution < 1.29 is 0 Å². The highest BCUT2D eigenvalue weighted by Crippen LogP contribution is 2.45. The smallest absolute Gasteiger partial charge is 0.0541 e. The van der Waals surface area contributed by atoms with Crippen molar-refractivity contribution in [2.75, 3.05) is 0 Å². The number of nitrogens with zero attached hydrogens (tertiary/aromatic N) is 1. The summed E-state index contributed by atoms with van der Waals surface area (Å²) in [5.41, 5.74) is 13.4. The minimum atomic E-state index is 1.17. The van der Waals surface area contributed by atoms with Gasteiger partial charge in [-0.25, -0.2) is 0 Å². The number of rotatable bonds is 5. The quantitative estimate of drug-likeness (QED) is 0.174. The number of thiophene rings is 1. The van der Waals surface area contributed by atoms with Crippen LogP contribution in [0.4, 0.5) is 0 Å². The zero-order chi connectivity index (χ0) is 33.0. The summed E-state index contributed by atoms with van der Waals surface area (Å²) in [5, 5.41) is 5.14. The zero-order valence-corrected chi connectivity index (χ0v) is 28.1. The summed E-state index contributed by atoms with van der Waals surface area (Å²) in [6, 6.07) is 68.7. The van der Waals surface area contributed by atoms with Crippen LogP contribution in [0.3, 0.4) is 0 Å². The summed E-state index contributed by atoms with van der Waals surface area (Å²) >= 11 is 1.87. The van der Waals surface area contributed by atoms with Crippen molar-refractivity contribution in [2.45, 2.75) is 0 Å². The van der Waals surface area contributed by atoms with Crippen LogP contribution in [0.5, 0.6) is 0 Å². The summed E-state index contributed by atoms with van der Waals surface area (Å²) < 4.78 is 5.11. The molecule has 0 fully saturated rings. The number of benzene rings is 8. The van der Waals surface area contributed by atoms with Gasteiger partial charge >= 0.3 is 0 Å². The molecule has 50 heavy (non-hydrogen) atoms. The molecule has 10 rings (SSSR count). The Morgan fingerprint density at radius 3 is 1.48 bits per heavy atom. The molecule has 0 unspecified atom stereocenters. The van der Waals surface area contributed by atoms with Gasteiger partial charge in [0.25, 0.3) is 0 Å². The van der Waals surface area contributed by atoms with Crippen LogP contribution < -0.4 is 0 Å². The van der Waals surface area contributed by atoms with Gasteiger partial charge in [0.2, 0.25) is 0 Å². The van der Waals surface area contributed by atoms with E-state index in [4.69, 9.17) is 0 Å². The Balaban J connectivity index is 1.24. The lowest BCUT2D eigenvalue weighted by atomic mass is 9.91. The van der Waals surface area contributed by atoms with Gasteiger partial charge in [0.05, 0.1) is 16.7 Å². The van der Waals surface area contributed by atoms with E-state index in [0.717, 1.165) is 0 Å². The highest BCUT2D eigenvalue weighted by Gasteiger charge is 2.20. The second kappa shape index (κ2) is 11.7. The van der Waals surface area contributed by atoms with Gasteiger partial charge in [-0.3, -0.25) is 0 Å².